The fourth-order valence-electron chi connectivity index (χ4n) is 2.15. The van der Waals surface area contributed by atoms with Gasteiger partial charge in [0.2, 0.25) is 5.91 Å². The van der Waals surface area contributed by atoms with Crippen molar-refractivity contribution < 1.29 is 9.53 Å². The molecule has 1 amide bonds. The number of carbonyl (C=O) groups excluding carboxylic acids is 1. The van der Waals surface area contributed by atoms with Crippen LogP contribution >= 0.6 is 0 Å². The third-order valence-electron chi connectivity index (χ3n) is 3.63. The van der Waals surface area contributed by atoms with Gasteiger partial charge in [-0.15, -0.1) is 0 Å². The summed E-state index contributed by atoms with van der Waals surface area (Å²) >= 11 is 0. The number of hydrogen-bond acceptors (Lipinski definition) is 3. The quantitative estimate of drug-likeness (QED) is 0.749. The van der Waals surface area contributed by atoms with Crippen molar-refractivity contribution in [2.75, 3.05) is 19.7 Å². The number of nitrogens with one attached hydrogen (secondary N) is 1. The summed E-state index contributed by atoms with van der Waals surface area (Å²) in [6.07, 6.45) is 3.78. The zero-order valence-corrected chi connectivity index (χ0v) is 11.2. The summed E-state index contributed by atoms with van der Waals surface area (Å²) in [4.78, 5) is 11.7. The first-order chi connectivity index (χ1) is 9.24. The van der Waals surface area contributed by atoms with E-state index in [1.165, 1.54) is 12.8 Å². The Hall–Kier alpha value is -1.55. The molecule has 0 spiro atoms. The van der Waals surface area contributed by atoms with Gasteiger partial charge in [-0.3, -0.25) is 4.79 Å². The van der Waals surface area contributed by atoms with E-state index in [4.69, 9.17) is 10.5 Å². The summed E-state index contributed by atoms with van der Waals surface area (Å²) < 4.78 is 5.49. The second-order valence-corrected chi connectivity index (χ2v) is 5.23. The first-order valence-electron chi connectivity index (χ1n) is 6.89. The number of ether oxygens (including phenoxy) is 1. The van der Waals surface area contributed by atoms with E-state index in [9.17, 15) is 4.79 Å². The second kappa shape index (κ2) is 6.57. The topological polar surface area (TPSA) is 64.3 Å². The highest BCUT2D eigenvalue weighted by atomic mass is 16.5. The molecule has 0 aromatic heterocycles. The molecule has 0 aliphatic heterocycles. The van der Waals surface area contributed by atoms with Gasteiger partial charge >= 0.3 is 0 Å². The Balaban J connectivity index is 1.60. The van der Waals surface area contributed by atoms with Crippen LogP contribution in [0.5, 0.6) is 5.75 Å². The molecule has 0 atom stereocenters. The monoisotopic (exact) mass is 262 g/mol. The molecule has 3 N–H and O–H groups in total. The Morgan fingerprint density at radius 1 is 1.32 bits per heavy atom. The molecule has 4 heteroatoms. The van der Waals surface area contributed by atoms with Gasteiger partial charge < -0.3 is 15.8 Å². The normalized spacial score (nSPS) is 15.8. The maximum atomic E-state index is 11.7. The summed E-state index contributed by atoms with van der Waals surface area (Å²) in [5.74, 6) is 0.858. The van der Waals surface area contributed by atoms with E-state index >= 15 is 0 Å². The van der Waals surface area contributed by atoms with Crippen LogP contribution in [0, 0.1) is 5.41 Å². The molecule has 0 bridgehead atoms. The summed E-state index contributed by atoms with van der Waals surface area (Å²) in [7, 11) is 0. The predicted octanol–water partition coefficient (Wildman–Crippen LogP) is 1.70. The van der Waals surface area contributed by atoms with Crippen molar-refractivity contribution in [1.82, 2.24) is 5.32 Å². The van der Waals surface area contributed by atoms with E-state index in [-0.39, 0.29) is 5.91 Å². The maximum absolute atomic E-state index is 11.7. The molecule has 19 heavy (non-hydrogen) atoms. The number of rotatable bonds is 8. The lowest BCUT2D eigenvalue weighted by molar-refractivity contribution is -0.121. The standard InChI is InChI=1S/C15H22N2O2/c16-10-9-15(7-8-15)12-17-14(18)6-11-19-13-4-2-1-3-5-13/h1-5H,6-12,16H2,(H,17,18). The minimum absolute atomic E-state index is 0.0548. The molecule has 1 saturated carbocycles. The van der Waals surface area contributed by atoms with Gasteiger partial charge in [0.05, 0.1) is 13.0 Å². The molecule has 1 fully saturated rings. The van der Waals surface area contributed by atoms with Crippen LogP contribution in [0.4, 0.5) is 0 Å². The highest BCUT2D eigenvalue weighted by Gasteiger charge is 2.41. The van der Waals surface area contributed by atoms with Gasteiger partial charge in [0.15, 0.2) is 0 Å². The van der Waals surface area contributed by atoms with E-state index in [2.05, 4.69) is 5.32 Å². The van der Waals surface area contributed by atoms with Crippen LogP contribution in [0.1, 0.15) is 25.7 Å². The maximum Gasteiger partial charge on any atom is 0.223 e. The minimum Gasteiger partial charge on any atom is -0.493 e. The summed E-state index contributed by atoms with van der Waals surface area (Å²) in [5.41, 5.74) is 5.87. The average Bonchev–Trinajstić information content (AvgIpc) is 3.19. The largest absolute Gasteiger partial charge is 0.493 e. The number of para-hydroxylation sites is 1. The Kier molecular flexibility index (Phi) is 4.80. The van der Waals surface area contributed by atoms with Crippen molar-refractivity contribution in [3.05, 3.63) is 30.3 Å². The number of benzene rings is 1. The number of hydrogen-bond donors (Lipinski definition) is 2. The lowest BCUT2D eigenvalue weighted by atomic mass is 10.0. The first-order valence-corrected chi connectivity index (χ1v) is 6.89. The van der Waals surface area contributed by atoms with Gasteiger partial charge in [-0.25, -0.2) is 0 Å². The average molecular weight is 262 g/mol. The van der Waals surface area contributed by atoms with Crippen LogP contribution in [-0.2, 0) is 4.79 Å². The van der Waals surface area contributed by atoms with Gasteiger partial charge in [0, 0.05) is 6.54 Å². The molecular formula is C15H22N2O2. The molecule has 104 valence electrons. The van der Waals surface area contributed by atoms with Crippen LogP contribution in [-0.4, -0.2) is 25.6 Å². The smallest absolute Gasteiger partial charge is 0.223 e. The van der Waals surface area contributed by atoms with Crippen molar-refractivity contribution in [2.45, 2.75) is 25.7 Å². The predicted molar refractivity (Wildman–Crippen MR) is 74.9 cm³/mol. The summed E-state index contributed by atoms with van der Waals surface area (Å²) in [6.45, 7) is 1.88. The zero-order chi connectivity index (χ0) is 13.6. The molecule has 1 aromatic carbocycles. The highest BCUT2D eigenvalue weighted by molar-refractivity contribution is 5.76. The van der Waals surface area contributed by atoms with Crippen LogP contribution in [0.15, 0.2) is 30.3 Å². The first kappa shape index (κ1) is 13.9. The summed E-state index contributed by atoms with van der Waals surface area (Å²) in [5, 5.41) is 2.98. The van der Waals surface area contributed by atoms with Crippen molar-refractivity contribution in [2.24, 2.45) is 11.1 Å². The number of nitrogens with two attached hydrogens (primary N) is 1. The van der Waals surface area contributed by atoms with E-state index in [1.54, 1.807) is 0 Å². The lowest BCUT2D eigenvalue weighted by Gasteiger charge is -2.14. The SMILES string of the molecule is NCCC1(CNC(=O)CCOc2ccccc2)CC1. The number of carbonyl (C=O) groups is 1. The minimum atomic E-state index is 0.0548. The fraction of sp³-hybridized carbons (Fsp3) is 0.533. The Bertz CT molecular complexity index is 402. The van der Waals surface area contributed by atoms with Gasteiger partial charge in [-0.05, 0) is 43.4 Å². The Morgan fingerprint density at radius 2 is 2.05 bits per heavy atom. The molecule has 1 aliphatic rings. The van der Waals surface area contributed by atoms with Gasteiger partial charge in [0.1, 0.15) is 5.75 Å². The van der Waals surface area contributed by atoms with Crippen LogP contribution < -0.4 is 15.8 Å². The van der Waals surface area contributed by atoms with Crippen molar-refractivity contribution in [3.63, 3.8) is 0 Å². The van der Waals surface area contributed by atoms with E-state index < -0.39 is 0 Å². The molecule has 0 saturated heterocycles. The van der Waals surface area contributed by atoms with Gasteiger partial charge in [-0.1, -0.05) is 18.2 Å². The third-order valence-corrected chi connectivity index (χ3v) is 3.63. The summed E-state index contributed by atoms with van der Waals surface area (Å²) in [6, 6.07) is 9.54. The van der Waals surface area contributed by atoms with Gasteiger partial charge in [-0.2, -0.15) is 0 Å². The Morgan fingerprint density at radius 3 is 2.68 bits per heavy atom. The third kappa shape index (κ3) is 4.56. The zero-order valence-electron chi connectivity index (χ0n) is 11.2. The molecule has 1 aromatic rings. The van der Waals surface area contributed by atoms with Crippen LogP contribution in [0.25, 0.3) is 0 Å². The Labute approximate surface area is 114 Å². The van der Waals surface area contributed by atoms with E-state index in [0.717, 1.165) is 18.7 Å². The number of amides is 1. The molecule has 0 unspecified atom stereocenters. The molecule has 0 radical (unpaired) electrons. The van der Waals surface area contributed by atoms with E-state index in [0.29, 0.717) is 25.0 Å². The lowest BCUT2D eigenvalue weighted by Crippen LogP contribution is -2.32. The fourth-order valence-corrected chi connectivity index (χ4v) is 2.15. The molecule has 2 rings (SSSR count). The van der Waals surface area contributed by atoms with Crippen molar-refractivity contribution in [1.29, 1.82) is 0 Å². The van der Waals surface area contributed by atoms with Crippen LogP contribution in [0.3, 0.4) is 0 Å². The van der Waals surface area contributed by atoms with Crippen LogP contribution in [0.2, 0.25) is 0 Å². The van der Waals surface area contributed by atoms with Crippen molar-refractivity contribution >= 4 is 5.91 Å². The van der Waals surface area contributed by atoms with Crippen molar-refractivity contribution in [3.8, 4) is 5.75 Å². The highest BCUT2D eigenvalue weighted by Crippen LogP contribution is 2.47. The molecule has 0 heterocycles. The molecule has 4 nitrogen and oxygen atoms in total. The molecule has 1 aliphatic carbocycles. The van der Waals surface area contributed by atoms with E-state index in [1.807, 2.05) is 30.3 Å². The second-order valence-electron chi connectivity index (χ2n) is 5.23. The molecular weight excluding hydrogens is 240 g/mol. The van der Waals surface area contributed by atoms with Gasteiger partial charge in [0.25, 0.3) is 0 Å².